The standard InChI is InChI=1S/C9H14N2O/c1-8(2)3-4-11-7-10-5-9(11)6-12/h5-8H,3-4H2,1-2H3. The minimum Gasteiger partial charge on any atom is -0.328 e. The predicted octanol–water partition coefficient (Wildman–Crippen LogP) is 1.74. The number of carbonyl (C=O) groups is 1. The van der Waals surface area contributed by atoms with E-state index in [1.165, 1.54) is 0 Å². The molecule has 0 saturated heterocycles. The van der Waals surface area contributed by atoms with Gasteiger partial charge in [0.15, 0.2) is 6.29 Å². The molecule has 0 N–H and O–H groups in total. The highest BCUT2D eigenvalue weighted by atomic mass is 16.1. The molecule has 1 heterocycles. The van der Waals surface area contributed by atoms with Crippen LogP contribution >= 0.6 is 0 Å². The molecule has 0 spiro atoms. The Morgan fingerprint density at radius 2 is 2.42 bits per heavy atom. The van der Waals surface area contributed by atoms with Gasteiger partial charge in [-0.25, -0.2) is 4.98 Å². The van der Waals surface area contributed by atoms with Gasteiger partial charge in [-0.2, -0.15) is 0 Å². The average Bonchev–Trinajstić information content (AvgIpc) is 2.47. The first-order valence-corrected chi connectivity index (χ1v) is 4.19. The highest BCUT2D eigenvalue weighted by Crippen LogP contribution is 2.04. The van der Waals surface area contributed by atoms with Crippen molar-refractivity contribution in [2.45, 2.75) is 26.8 Å². The minimum absolute atomic E-state index is 0.659. The highest BCUT2D eigenvalue weighted by molar-refractivity contribution is 5.71. The second-order valence-electron chi connectivity index (χ2n) is 3.31. The quantitative estimate of drug-likeness (QED) is 0.638. The summed E-state index contributed by atoms with van der Waals surface area (Å²) in [5.74, 6) is 0.659. The molecule has 0 atom stereocenters. The van der Waals surface area contributed by atoms with E-state index >= 15 is 0 Å². The normalized spacial score (nSPS) is 10.6. The molecular formula is C9H14N2O. The van der Waals surface area contributed by atoms with E-state index in [-0.39, 0.29) is 0 Å². The van der Waals surface area contributed by atoms with Crippen molar-refractivity contribution in [3.63, 3.8) is 0 Å². The van der Waals surface area contributed by atoms with E-state index in [1.807, 2.05) is 4.57 Å². The van der Waals surface area contributed by atoms with Gasteiger partial charge in [0, 0.05) is 6.54 Å². The maximum Gasteiger partial charge on any atom is 0.168 e. The first-order chi connectivity index (χ1) is 5.74. The second kappa shape index (κ2) is 4.04. The van der Waals surface area contributed by atoms with Crippen LogP contribution in [0.15, 0.2) is 12.5 Å². The Morgan fingerprint density at radius 1 is 1.67 bits per heavy atom. The Hall–Kier alpha value is -1.12. The molecule has 0 fully saturated rings. The lowest BCUT2D eigenvalue weighted by Gasteiger charge is -2.05. The van der Waals surface area contributed by atoms with Gasteiger partial charge in [0.25, 0.3) is 0 Å². The molecule has 1 rings (SSSR count). The van der Waals surface area contributed by atoms with E-state index in [4.69, 9.17) is 0 Å². The van der Waals surface area contributed by atoms with Crippen LogP contribution < -0.4 is 0 Å². The summed E-state index contributed by atoms with van der Waals surface area (Å²) in [6.07, 6.45) is 5.21. The fourth-order valence-corrected chi connectivity index (χ4v) is 1.01. The van der Waals surface area contributed by atoms with Gasteiger partial charge in [0.05, 0.1) is 12.5 Å². The number of aldehydes is 1. The molecule has 12 heavy (non-hydrogen) atoms. The molecule has 1 aromatic rings. The Kier molecular flexibility index (Phi) is 3.02. The zero-order valence-electron chi connectivity index (χ0n) is 7.53. The van der Waals surface area contributed by atoms with Crippen molar-refractivity contribution < 1.29 is 4.79 Å². The van der Waals surface area contributed by atoms with Crippen LogP contribution in [0.3, 0.4) is 0 Å². The first kappa shape index (κ1) is 8.97. The van der Waals surface area contributed by atoms with Crippen molar-refractivity contribution in [2.75, 3.05) is 0 Å². The van der Waals surface area contributed by atoms with Crippen LogP contribution in [0.1, 0.15) is 30.8 Å². The fourth-order valence-electron chi connectivity index (χ4n) is 1.01. The predicted molar refractivity (Wildman–Crippen MR) is 47.1 cm³/mol. The molecular weight excluding hydrogens is 152 g/mol. The van der Waals surface area contributed by atoms with Crippen LogP contribution in [-0.4, -0.2) is 15.8 Å². The second-order valence-corrected chi connectivity index (χ2v) is 3.31. The van der Waals surface area contributed by atoms with Gasteiger partial charge in [0.2, 0.25) is 0 Å². The first-order valence-electron chi connectivity index (χ1n) is 4.19. The summed E-state index contributed by atoms with van der Waals surface area (Å²) in [5, 5.41) is 0. The van der Waals surface area contributed by atoms with Crippen molar-refractivity contribution in [3.05, 3.63) is 18.2 Å². The van der Waals surface area contributed by atoms with Gasteiger partial charge in [-0.1, -0.05) is 13.8 Å². The molecule has 0 saturated carbocycles. The summed E-state index contributed by atoms with van der Waals surface area (Å²) in [7, 11) is 0. The molecule has 0 aliphatic heterocycles. The fraction of sp³-hybridized carbons (Fsp3) is 0.556. The van der Waals surface area contributed by atoms with Crippen LogP contribution in [0.25, 0.3) is 0 Å². The molecule has 0 bridgehead atoms. The molecule has 0 aliphatic carbocycles. The van der Waals surface area contributed by atoms with E-state index in [0.29, 0.717) is 11.6 Å². The Balaban J connectivity index is 2.56. The molecule has 66 valence electrons. The van der Waals surface area contributed by atoms with Crippen molar-refractivity contribution >= 4 is 6.29 Å². The van der Waals surface area contributed by atoms with Crippen molar-refractivity contribution in [2.24, 2.45) is 5.92 Å². The number of carbonyl (C=O) groups excluding carboxylic acids is 1. The molecule has 0 aliphatic rings. The lowest BCUT2D eigenvalue weighted by molar-refractivity contribution is 0.111. The van der Waals surface area contributed by atoms with Gasteiger partial charge in [-0.3, -0.25) is 4.79 Å². The number of nitrogens with zero attached hydrogens (tertiary/aromatic N) is 2. The third kappa shape index (κ3) is 2.19. The largest absolute Gasteiger partial charge is 0.328 e. The number of imidazole rings is 1. The summed E-state index contributed by atoms with van der Waals surface area (Å²) in [6.45, 7) is 5.21. The van der Waals surface area contributed by atoms with Gasteiger partial charge in [0.1, 0.15) is 5.69 Å². The van der Waals surface area contributed by atoms with E-state index in [9.17, 15) is 4.79 Å². The SMILES string of the molecule is CC(C)CCn1cncc1C=O. The van der Waals surface area contributed by atoms with Crippen molar-refractivity contribution in [1.29, 1.82) is 0 Å². The van der Waals surface area contributed by atoms with Crippen molar-refractivity contribution in [3.8, 4) is 0 Å². The lowest BCUT2D eigenvalue weighted by Crippen LogP contribution is -2.03. The summed E-state index contributed by atoms with van der Waals surface area (Å²) < 4.78 is 1.88. The van der Waals surface area contributed by atoms with Crippen molar-refractivity contribution in [1.82, 2.24) is 9.55 Å². The number of aromatic nitrogens is 2. The molecule has 0 amide bonds. The Labute approximate surface area is 72.4 Å². The maximum atomic E-state index is 10.5. The van der Waals surface area contributed by atoms with Gasteiger partial charge in [-0.05, 0) is 12.3 Å². The van der Waals surface area contributed by atoms with E-state index in [1.54, 1.807) is 12.5 Å². The van der Waals surface area contributed by atoms with Crippen LogP contribution in [-0.2, 0) is 6.54 Å². The maximum absolute atomic E-state index is 10.5. The summed E-state index contributed by atoms with van der Waals surface area (Å²) >= 11 is 0. The smallest absolute Gasteiger partial charge is 0.168 e. The molecule has 0 radical (unpaired) electrons. The van der Waals surface area contributed by atoms with Gasteiger partial charge >= 0.3 is 0 Å². The highest BCUT2D eigenvalue weighted by Gasteiger charge is 2.00. The van der Waals surface area contributed by atoms with Crippen LogP contribution in [0, 0.1) is 5.92 Å². The third-order valence-corrected chi connectivity index (χ3v) is 1.81. The van der Waals surface area contributed by atoms with E-state index in [0.717, 1.165) is 19.3 Å². The van der Waals surface area contributed by atoms with Gasteiger partial charge < -0.3 is 4.57 Å². The van der Waals surface area contributed by atoms with Crippen LogP contribution in [0.2, 0.25) is 0 Å². The minimum atomic E-state index is 0.659. The Morgan fingerprint density at radius 3 is 3.00 bits per heavy atom. The van der Waals surface area contributed by atoms with E-state index in [2.05, 4.69) is 18.8 Å². The van der Waals surface area contributed by atoms with E-state index < -0.39 is 0 Å². The summed E-state index contributed by atoms with van der Waals surface area (Å²) in [6, 6.07) is 0. The number of hydrogen-bond donors (Lipinski definition) is 0. The third-order valence-electron chi connectivity index (χ3n) is 1.81. The number of hydrogen-bond acceptors (Lipinski definition) is 2. The molecule has 0 unspecified atom stereocenters. The van der Waals surface area contributed by atoms with Crippen LogP contribution in [0.4, 0.5) is 0 Å². The monoisotopic (exact) mass is 166 g/mol. The number of aryl methyl sites for hydroxylation is 1. The zero-order chi connectivity index (χ0) is 8.97. The molecule has 1 aromatic heterocycles. The Bertz CT molecular complexity index is 253. The summed E-state index contributed by atoms with van der Waals surface area (Å²) in [4.78, 5) is 14.4. The molecule has 3 nitrogen and oxygen atoms in total. The summed E-state index contributed by atoms with van der Waals surface area (Å²) in [5.41, 5.74) is 0.663. The number of rotatable bonds is 4. The zero-order valence-corrected chi connectivity index (χ0v) is 7.53. The lowest BCUT2D eigenvalue weighted by atomic mass is 10.1. The topological polar surface area (TPSA) is 34.9 Å². The van der Waals surface area contributed by atoms with Crippen LogP contribution in [0.5, 0.6) is 0 Å². The van der Waals surface area contributed by atoms with Gasteiger partial charge in [-0.15, -0.1) is 0 Å². The average molecular weight is 166 g/mol. The molecule has 0 aromatic carbocycles. The molecule has 3 heteroatoms.